The highest BCUT2D eigenvalue weighted by molar-refractivity contribution is 5.09. The van der Waals surface area contributed by atoms with Crippen LogP contribution in [0.4, 0.5) is 0 Å². The van der Waals surface area contributed by atoms with E-state index in [2.05, 4.69) is 28.3 Å². The molecule has 3 heteroatoms. The van der Waals surface area contributed by atoms with Crippen molar-refractivity contribution in [3.63, 3.8) is 0 Å². The maximum atomic E-state index is 9.56. The van der Waals surface area contributed by atoms with E-state index in [1.807, 2.05) is 20.9 Å². The second kappa shape index (κ2) is 4.62. The van der Waals surface area contributed by atoms with Crippen molar-refractivity contribution < 1.29 is 5.11 Å². The van der Waals surface area contributed by atoms with Crippen LogP contribution in [0.1, 0.15) is 25.8 Å². The molecule has 14 heavy (non-hydrogen) atoms. The molecule has 0 aromatic carbocycles. The first-order valence-electron chi connectivity index (χ1n) is 5.03. The summed E-state index contributed by atoms with van der Waals surface area (Å²) in [6.45, 7) is 5.44. The second-order valence-corrected chi connectivity index (χ2v) is 4.35. The number of aryl methyl sites for hydroxylation is 1. The van der Waals surface area contributed by atoms with Gasteiger partial charge in [0.15, 0.2) is 0 Å². The van der Waals surface area contributed by atoms with E-state index in [0.29, 0.717) is 0 Å². The molecule has 0 fully saturated rings. The Morgan fingerprint density at radius 1 is 1.50 bits per heavy atom. The first kappa shape index (κ1) is 11.3. The Labute approximate surface area is 85.7 Å². The quantitative estimate of drug-likeness (QED) is 0.746. The Morgan fingerprint density at radius 3 is 2.79 bits per heavy atom. The van der Waals surface area contributed by atoms with Gasteiger partial charge in [0, 0.05) is 25.5 Å². The summed E-state index contributed by atoms with van der Waals surface area (Å²) in [5.41, 5.74) is 0.705. The fourth-order valence-corrected chi connectivity index (χ4v) is 1.34. The standard InChI is InChI=1S/C11H20N2O/c1-11(2,14)5-7-13-6-4-10(9-13)8-12-3/h4,6,9,12,14H,5,7-8H2,1-3H3. The van der Waals surface area contributed by atoms with E-state index in [4.69, 9.17) is 0 Å². The summed E-state index contributed by atoms with van der Waals surface area (Å²) in [4.78, 5) is 0. The fraction of sp³-hybridized carbons (Fsp3) is 0.636. The largest absolute Gasteiger partial charge is 0.390 e. The van der Waals surface area contributed by atoms with Gasteiger partial charge in [-0.05, 0) is 38.9 Å². The van der Waals surface area contributed by atoms with Crippen LogP contribution < -0.4 is 5.32 Å². The molecule has 1 rings (SSSR count). The van der Waals surface area contributed by atoms with Crippen molar-refractivity contribution in [3.05, 3.63) is 24.0 Å². The van der Waals surface area contributed by atoms with Crippen LogP contribution in [0.15, 0.2) is 18.5 Å². The summed E-state index contributed by atoms with van der Waals surface area (Å²) in [6.07, 6.45) is 4.95. The maximum Gasteiger partial charge on any atom is 0.0608 e. The third kappa shape index (κ3) is 3.94. The third-order valence-electron chi connectivity index (χ3n) is 2.17. The van der Waals surface area contributed by atoms with E-state index in [1.165, 1.54) is 5.56 Å². The van der Waals surface area contributed by atoms with Crippen molar-refractivity contribution in [3.8, 4) is 0 Å². The summed E-state index contributed by atoms with van der Waals surface area (Å²) in [6, 6.07) is 2.10. The smallest absolute Gasteiger partial charge is 0.0608 e. The topological polar surface area (TPSA) is 37.2 Å². The van der Waals surface area contributed by atoms with Crippen LogP contribution in [-0.4, -0.2) is 22.3 Å². The van der Waals surface area contributed by atoms with E-state index < -0.39 is 5.60 Å². The summed E-state index contributed by atoms with van der Waals surface area (Å²) in [5.74, 6) is 0. The molecule has 1 heterocycles. The molecule has 1 aromatic rings. The zero-order valence-corrected chi connectivity index (χ0v) is 9.25. The fourth-order valence-electron chi connectivity index (χ4n) is 1.34. The first-order chi connectivity index (χ1) is 6.51. The molecule has 0 radical (unpaired) electrons. The zero-order chi connectivity index (χ0) is 10.6. The molecule has 0 aliphatic rings. The lowest BCUT2D eigenvalue weighted by molar-refractivity contribution is 0.0662. The van der Waals surface area contributed by atoms with Gasteiger partial charge in [0.05, 0.1) is 5.60 Å². The van der Waals surface area contributed by atoms with Gasteiger partial charge in [-0.2, -0.15) is 0 Å². The molecule has 1 aromatic heterocycles. The molecule has 0 spiro atoms. The first-order valence-corrected chi connectivity index (χ1v) is 5.03. The molecular weight excluding hydrogens is 176 g/mol. The van der Waals surface area contributed by atoms with E-state index in [-0.39, 0.29) is 0 Å². The van der Waals surface area contributed by atoms with Crippen LogP contribution in [0.25, 0.3) is 0 Å². The van der Waals surface area contributed by atoms with E-state index >= 15 is 0 Å². The Morgan fingerprint density at radius 2 is 2.21 bits per heavy atom. The van der Waals surface area contributed by atoms with Gasteiger partial charge in [0.1, 0.15) is 0 Å². The Balaban J connectivity index is 2.44. The molecule has 2 N–H and O–H groups in total. The van der Waals surface area contributed by atoms with Crippen LogP contribution in [0, 0.1) is 0 Å². The molecule has 0 atom stereocenters. The number of nitrogens with zero attached hydrogens (tertiary/aromatic N) is 1. The number of aromatic nitrogens is 1. The Bertz CT molecular complexity index is 273. The summed E-state index contributed by atoms with van der Waals surface area (Å²) >= 11 is 0. The van der Waals surface area contributed by atoms with Crippen molar-refractivity contribution in [2.24, 2.45) is 0 Å². The van der Waals surface area contributed by atoms with Gasteiger partial charge in [-0.15, -0.1) is 0 Å². The average molecular weight is 196 g/mol. The number of hydrogen-bond acceptors (Lipinski definition) is 2. The van der Waals surface area contributed by atoms with Gasteiger partial charge < -0.3 is 15.0 Å². The number of nitrogens with one attached hydrogen (secondary N) is 1. The van der Waals surface area contributed by atoms with Gasteiger partial charge in [0.25, 0.3) is 0 Å². The van der Waals surface area contributed by atoms with Crippen LogP contribution in [-0.2, 0) is 13.1 Å². The van der Waals surface area contributed by atoms with Crippen molar-refractivity contribution >= 4 is 0 Å². The van der Waals surface area contributed by atoms with Gasteiger partial charge >= 0.3 is 0 Å². The molecular formula is C11H20N2O. The van der Waals surface area contributed by atoms with Gasteiger partial charge in [-0.1, -0.05) is 0 Å². The van der Waals surface area contributed by atoms with E-state index in [0.717, 1.165) is 19.5 Å². The SMILES string of the molecule is CNCc1ccn(CCC(C)(C)O)c1. The summed E-state index contributed by atoms with van der Waals surface area (Å²) in [5, 5.41) is 12.7. The second-order valence-electron chi connectivity index (χ2n) is 4.35. The van der Waals surface area contributed by atoms with Crippen LogP contribution >= 0.6 is 0 Å². The predicted octanol–water partition coefficient (Wildman–Crippen LogP) is 1.37. The van der Waals surface area contributed by atoms with Gasteiger partial charge in [-0.3, -0.25) is 0 Å². The Hall–Kier alpha value is -0.800. The predicted molar refractivity (Wildman–Crippen MR) is 58.1 cm³/mol. The lowest BCUT2D eigenvalue weighted by Gasteiger charge is -2.16. The minimum Gasteiger partial charge on any atom is -0.390 e. The van der Waals surface area contributed by atoms with E-state index in [1.54, 1.807) is 0 Å². The van der Waals surface area contributed by atoms with Crippen LogP contribution in [0.3, 0.4) is 0 Å². The third-order valence-corrected chi connectivity index (χ3v) is 2.17. The molecule has 0 saturated heterocycles. The van der Waals surface area contributed by atoms with Crippen molar-refractivity contribution in [1.29, 1.82) is 0 Å². The summed E-state index contributed by atoms with van der Waals surface area (Å²) in [7, 11) is 1.94. The van der Waals surface area contributed by atoms with Crippen molar-refractivity contribution in [1.82, 2.24) is 9.88 Å². The number of aliphatic hydroxyl groups is 1. The lowest BCUT2D eigenvalue weighted by atomic mass is 10.1. The average Bonchev–Trinajstić information content (AvgIpc) is 2.49. The normalized spacial score (nSPS) is 12.0. The maximum absolute atomic E-state index is 9.56. The van der Waals surface area contributed by atoms with Crippen molar-refractivity contribution in [2.75, 3.05) is 7.05 Å². The van der Waals surface area contributed by atoms with Gasteiger partial charge in [0.2, 0.25) is 0 Å². The Kier molecular flexibility index (Phi) is 3.72. The van der Waals surface area contributed by atoms with Gasteiger partial charge in [-0.25, -0.2) is 0 Å². The number of hydrogen-bond donors (Lipinski definition) is 2. The molecule has 0 aliphatic heterocycles. The summed E-state index contributed by atoms with van der Waals surface area (Å²) < 4.78 is 2.12. The molecule has 0 unspecified atom stereocenters. The highest BCUT2D eigenvalue weighted by atomic mass is 16.3. The minimum atomic E-state index is -0.576. The van der Waals surface area contributed by atoms with Crippen LogP contribution in [0.5, 0.6) is 0 Å². The molecule has 0 aliphatic carbocycles. The number of rotatable bonds is 5. The highest BCUT2D eigenvalue weighted by Crippen LogP contribution is 2.10. The molecule has 80 valence electrons. The minimum absolute atomic E-state index is 0.576. The van der Waals surface area contributed by atoms with Crippen molar-refractivity contribution in [2.45, 2.75) is 39.0 Å². The zero-order valence-electron chi connectivity index (χ0n) is 9.25. The molecule has 0 bridgehead atoms. The van der Waals surface area contributed by atoms with E-state index in [9.17, 15) is 5.11 Å². The molecule has 3 nitrogen and oxygen atoms in total. The molecule has 0 amide bonds. The lowest BCUT2D eigenvalue weighted by Crippen LogP contribution is -2.20. The highest BCUT2D eigenvalue weighted by Gasteiger charge is 2.11. The molecule has 0 saturated carbocycles. The monoisotopic (exact) mass is 196 g/mol. The van der Waals surface area contributed by atoms with Crippen LogP contribution in [0.2, 0.25) is 0 Å².